The van der Waals surface area contributed by atoms with Crippen LogP contribution >= 0.6 is 0 Å². The molecule has 0 saturated carbocycles. The summed E-state index contributed by atoms with van der Waals surface area (Å²) in [5, 5.41) is 2.77. The Morgan fingerprint density at radius 1 is 1.12 bits per heavy atom. The van der Waals surface area contributed by atoms with E-state index in [1.54, 1.807) is 43.5 Å². The maximum absolute atomic E-state index is 12.4. The summed E-state index contributed by atoms with van der Waals surface area (Å²) in [6.45, 7) is 0. The average Bonchev–Trinajstić information content (AvgIpc) is 2.96. The van der Waals surface area contributed by atoms with Crippen LogP contribution in [0.25, 0.3) is 0 Å². The fourth-order valence-electron chi connectivity index (χ4n) is 2.91. The molecule has 136 valence electrons. The Morgan fingerprint density at radius 2 is 1.92 bits per heavy atom. The van der Waals surface area contributed by atoms with Crippen LogP contribution in [-0.4, -0.2) is 33.2 Å². The molecule has 7 heteroatoms. The van der Waals surface area contributed by atoms with Crippen LogP contribution < -0.4 is 19.5 Å². The molecule has 2 aromatic rings. The summed E-state index contributed by atoms with van der Waals surface area (Å²) in [6.07, 6.45) is -0.686. The molecule has 0 fully saturated rings. The third kappa shape index (κ3) is 3.28. The monoisotopic (exact) mass is 357 g/mol. The highest BCUT2D eigenvalue weighted by atomic mass is 16.6. The Bertz CT molecular complexity index is 848. The molecule has 0 aliphatic carbocycles. The molecular weight excluding hydrogens is 338 g/mol. The number of hydrogen-bond donors (Lipinski definition) is 1. The molecular formula is C19H19NO6. The summed E-state index contributed by atoms with van der Waals surface area (Å²) in [5.41, 5.74) is 1.51. The van der Waals surface area contributed by atoms with E-state index in [1.165, 1.54) is 14.2 Å². The van der Waals surface area contributed by atoms with E-state index < -0.39 is 12.1 Å². The van der Waals surface area contributed by atoms with Crippen LogP contribution in [0.15, 0.2) is 36.4 Å². The molecule has 7 nitrogen and oxygen atoms in total. The summed E-state index contributed by atoms with van der Waals surface area (Å²) in [4.78, 5) is 24.6. The number of nitrogens with one attached hydrogen (secondary N) is 1. The number of carbonyl (C=O) groups is 2. The Kier molecular flexibility index (Phi) is 4.97. The lowest BCUT2D eigenvalue weighted by molar-refractivity contribution is -0.118. The van der Waals surface area contributed by atoms with Gasteiger partial charge in [0.1, 0.15) is 17.4 Å². The van der Waals surface area contributed by atoms with Gasteiger partial charge in [-0.3, -0.25) is 4.79 Å². The van der Waals surface area contributed by atoms with Gasteiger partial charge in [-0.15, -0.1) is 0 Å². The van der Waals surface area contributed by atoms with Gasteiger partial charge in [-0.05, 0) is 18.2 Å². The molecule has 0 unspecified atom stereocenters. The number of hydrogen-bond acceptors (Lipinski definition) is 6. The first kappa shape index (κ1) is 17.6. The molecule has 0 aromatic heterocycles. The van der Waals surface area contributed by atoms with E-state index in [9.17, 15) is 9.59 Å². The fourth-order valence-corrected chi connectivity index (χ4v) is 2.91. The Balaban J connectivity index is 1.78. The lowest BCUT2D eigenvalue weighted by atomic mass is 10.0. The number of cyclic esters (lactones) is 1. The van der Waals surface area contributed by atoms with Gasteiger partial charge in [-0.2, -0.15) is 0 Å². The van der Waals surface area contributed by atoms with Crippen LogP contribution in [0.1, 0.15) is 28.4 Å². The minimum absolute atomic E-state index is 0.00850. The molecule has 1 atom stereocenters. The van der Waals surface area contributed by atoms with Gasteiger partial charge < -0.3 is 24.3 Å². The predicted molar refractivity (Wildman–Crippen MR) is 93.9 cm³/mol. The van der Waals surface area contributed by atoms with E-state index in [1.807, 2.05) is 0 Å². The summed E-state index contributed by atoms with van der Waals surface area (Å²) in [5.74, 6) is 0.571. The number of benzene rings is 2. The first-order valence-corrected chi connectivity index (χ1v) is 7.97. The maximum Gasteiger partial charge on any atom is 0.343 e. The highest BCUT2D eigenvalue weighted by Gasteiger charge is 2.36. The molecule has 1 aliphatic rings. The Morgan fingerprint density at radius 3 is 2.62 bits per heavy atom. The molecule has 1 heterocycles. The summed E-state index contributed by atoms with van der Waals surface area (Å²) >= 11 is 0. The van der Waals surface area contributed by atoms with Crippen molar-refractivity contribution in [2.75, 3.05) is 26.6 Å². The van der Waals surface area contributed by atoms with Crippen molar-refractivity contribution in [1.82, 2.24) is 0 Å². The quantitative estimate of drug-likeness (QED) is 0.801. The molecule has 1 N–H and O–H groups in total. The van der Waals surface area contributed by atoms with E-state index in [0.29, 0.717) is 34.1 Å². The predicted octanol–water partition coefficient (Wildman–Crippen LogP) is 2.95. The van der Waals surface area contributed by atoms with Crippen molar-refractivity contribution >= 4 is 17.6 Å². The van der Waals surface area contributed by atoms with Crippen molar-refractivity contribution in [3.63, 3.8) is 0 Å². The zero-order valence-corrected chi connectivity index (χ0v) is 14.7. The first-order chi connectivity index (χ1) is 12.6. The summed E-state index contributed by atoms with van der Waals surface area (Å²) in [7, 11) is 4.50. The second-order valence-electron chi connectivity index (χ2n) is 5.64. The van der Waals surface area contributed by atoms with Crippen LogP contribution in [0.4, 0.5) is 5.69 Å². The minimum Gasteiger partial charge on any atom is -0.497 e. The number of methoxy groups -OCH3 is 3. The van der Waals surface area contributed by atoms with Crippen molar-refractivity contribution in [1.29, 1.82) is 0 Å². The van der Waals surface area contributed by atoms with Crippen LogP contribution in [0, 0.1) is 0 Å². The molecule has 0 spiro atoms. The Labute approximate surface area is 150 Å². The van der Waals surface area contributed by atoms with Crippen molar-refractivity contribution in [3.8, 4) is 17.2 Å². The molecule has 1 amide bonds. The molecule has 0 saturated heterocycles. The SMILES string of the molecule is COc1cccc(NC(=O)C[C@H]2OC(=O)c3c2ccc(OC)c3OC)c1. The average molecular weight is 357 g/mol. The normalized spacial score (nSPS) is 15.0. The lowest BCUT2D eigenvalue weighted by Crippen LogP contribution is -2.15. The van der Waals surface area contributed by atoms with E-state index in [4.69, 9.17) is 18.9 Å². The third-order valence-electron chi connectivity index (χ3n) is 4.10. The van der Waals surface area contributed by atoms with Gasteiger partial charge in [-0.25, -0.2) is 4.79 Å². The van der Waals surface area contributed by atoms with Gasteiger partial charge in [0.15, 0.2) is 11.5 Å². The molecule has 0 radical (unpaired) electrons. The van der Waals surface area contributed by atoms with Crippen molar-refractivity contribution in [2.45, 2.75) is 12.5 Å². The molecule has 26 heavy (non-hydrogen) atoms. The topological polar surface area (TPSA) is 83.1 Å². The number of carbonyl (C=O) groups excluding carboxylic acids is 2. The molecule has 0 bridgehead atoms. The van der Waals surface area contributed by atoms with E-state index in [0.717, 1.165) is 0 Å². The fraction of sp³-hybridized carbons (Fsp3) is 0.263. The molecule has 2 aromatic carbocycles. The Hall–Kier alpha value is -3.22. The van der Waals surface area contributed by atoms with Crippen LogP contribution in [0.5, 0.6) is 17.2 Å². The van der Waals surface area contributed by atoms with Crippen LogP contribution in [0.3, 0.4) is 0 Å². The number of amides is 1. The first-order valence-electron chi connectivity index (χ1n) is 7.97. The van der Waals surface area contributed by atoms with Gasteiger partial charge in [0.05, 0.1) is 27.8 Å². The summed E-state index contributed by atoms with van der Waals surface area (Å²) in [6, 6.07) is 10.4. The van der Waals surface area contributed by atoms with Gasteiger partial charge in [0, 0.05) is 17.3 Å². The van der Waals surface area contributed by atoms with E-state index in [2.05, 4.69) is 5.32 Å². The number of esters is 1. The smallest absolute Gasteiger partial charge is 0.343 e. The van der Waals surface area contributed by atoms with E-state index in [-0.39, 0.29) is 12.3 Å². The third-order valence-corrected chi connectivity index (χ3v) is 4.10. The number of anilines is 1. The maximum atomic E-state index is 12.4. The zero-order valence-electron chi connectivity index (χ0n) is 14.7. The van der Waals surface area contributed by atoms with Crippen molar-refractivity contribution in [3.05, 3.63) is 47.5 Å². The van der Waals surface area contributed by atoms with Gasteiger partial charge in [0.2, 0.25) is 5.91 Å². The van der Waals surface area contributed by atoms with Crippen molar-refractivity contribution < 1.29 is 28.5 Å². The number of fused-ring (bicyclic) bond motifs is 1. The number of ether oxygens (including phenoxy) is 4. The van der Waals surface area contributed by atoms with Crippen LogP contribution in [0.2, 0.25) is 0 Å². The number of rotatable bonds is 6. The van der Waals surface area contributed by atoms with E-state index >= 15 is 0 Å². The standard InChI is InChI=1S/C19H19NO6/c1-23-12-6-4-5-11(9-12)20-16(21)10-15-13-7-8-14(24-2)18(25-3)17(13)19(22)26-15/h4-9,15H,10H2,1-3H3,(H,20,21)/t15-/m1/s1. The molecule has 1 aliphatic heterocycles. The molecule has 3 rings (SSSR count). The van der Waals surface area contributed by atoms with Gasteiger partial charge in [0.25, 0.3) is 0 Å². The van der Waals surface area contributed by atoms with Crippen LogP contribution in [-0.2, 0) is 9.53 Å². The summed E-state index contributed by atoms with van der Waals surface area (Å²) < 4.78 is 21.0. The van der Waals surface area contributed by atoms with Gasteiger partial charge in [-0.1, -0.05) is 12.1 Å². The van der Waals surface area contributed by atoms with Gasteiger partial charge >= 0.3 is 5.97 Å². The second kappa shape index (κ2) is 7.35. The lowest BCUT2D eigenvalue weighted by Gasteiger charge is -2.13. The highest BCUT2D eigenvalue weighted by molar-refractivity contribution is 5.99. The largest absolute Gasteiger partial charge is 0.497 e. The highest BCUT2D eigenvalue weighted by Crippen LogP contribution is 2.43. The zero-order chi connectivity index (χ0) is 18.7. The second-order valence-corrected chi connectivity index (χ2v) is 5.64. The minimum atomic E-state index is -0.678. The van der Waals surface area contributed by atoms with Crippen molar-refractivity contribution in [2.24, 2.45) is 0 Å².